The molecule has 3 heterocycles. The number of alkyl halides is 3. The fraction of sp³-hybridized carbons (Fsp3) is 0.278. The van der Waals surface area contributed by atoms with Gasteiger partial charge in [0.1, 0.15) is 5.82 Å². The van der Waals surface area contributed by atoms with Gasteiger partial charge in [0.2, 0.25) is 5.82 Å². The van der Waals surface area contributed by atoms with E-state index < -0.39 is 12.0 Å². The zero-order valence-corrected chi connectivity index (χ0v) is 14.0. The molecule has 0 spiro atoms. The Morgan fingerprint density at radius 1 is 1.15 bits per heavy atom. The molecular formula is C18H14F4N4O. The monoisotopic (exact) mass is 378 g/mol. The highest BCUT2D eigenvalue weighted by atomic mass is 19.4. The first-order chi connectivity index (χ1) is 12.9. The van der Waals surface area contributed by atoms with E-state index >= 15 is 0 Å². The molecule has 1 aliphatic heterocycles. The van der Waals surface area contributed by atoms with Gasteiger partial charge in [-0.05, 0) is 24.3 Å². The second kappa shape index (κ2) is 6.73. The fourth-order valence-electron chi connectivity index (χ4n) is 3.01. The van der Waals surface area contributed by atoms with Gasteiger partial charge in [-0.15, -0.1) is 0 Å². The highest BCUT2D eigenvalue weighted by Gasteiger charge is 2.35. The van der Waals surface area contributed by atoms with Crippen molar-refractivity contribution in [2.45, 2.75) is 25.7 Å². The molecule has 3 aromatic rings. The Labute approximate surface area is 151 Å². The molecule has 1 aliphatic rings. The van der Waals surface area contributed by atoms with Gasteiger partial charge in [-0.3, -0.25) is 4.90 Å². The Morgan fingerprint density at radius 3 is 2.67 bits per heavy atom. The molecule has 0 radical (unpaired) electrons. The lowest BCUT2D eigenvalue weighted by Gasteiger charge is -2.27. The van der Waals surface area contributed by atoms with Gasteiger partial charge >= 0.3 is 6.18 Å². The molecule has 4 rings (SSSR count). The van der Waals surface area contributed by atoms with Crippen LogP contribution in [0, 0.1) is 5.82 Å². The quantitative estimate of drug-likeness (QED) is 0.648. The zero-order valence-electron chi connectivity index (χ0n) is 14.0. The Balaban J connectivity index is 1.45. The second-order valence-corrected chi connectivity index (χ2v) is 6.31. The van der Waals surface area contributed by atoms with Crippen LogP contribution in [0.4, 0.5) is 17.6 Å². The molecule has 2 aromatic heterocycles. The molecule has 0 saturated carbocycles. The number of fused-ring (bicyclic) bond motifs is 1. The summed E-state index contributed by atoms with van der Waals surface area (Å²) in [5.41, 5.74) is 2.51. The molecule has 140 valence electrons. The van der Waals surface area contributed by atoms with E-state index in [0.29, 0.717) is 54.3 Å². The number of aromatic nitrogens is 3. The minimum absolute atomic E-state index is 0.332. The van der Waals surface area contributed by atoms with Crippen LogP contribution >= 0.6 is 0 Å². The number of halogens is 4. The van der Waals surface area contributed by atoms with Crippen molar-refractivity contribution in [1.82, 2.24) is 20.0 Å². The van der Waals surface area contributed by atoms with Gasteiger partial charge in [0.05, 0.1) is 11.4 Å². The van der Waals surface area contributed by atoms with Crippen LogP contribution in [0.2, 0.25) is 0 Å². The van der Waals surface area contributed by atoms with Gasteiger partial charge in [-0.25, -0.2) is 14.4 Å². The van der Waals surface area contributed by atoms with Gasteiger partial charge in [0.25, 0.3) is 0 Å². The third-order valence-electron chi connectivity index (χ3n) is 4.34. The van der Waals surface area contributed by atoms with Gasteiger partial charge in [-0.1, -0.05) is 5.16 Å². The molecular weight excluding hydrogens is 364 g/mol. The van der Waals surface area contributed by atoms with Crippen molar-refractivity contribution in [3.63, 3.8) is 0 Å². The second-order valence-electron chi connectivity index (χ2n) is 6.31. The molecule has 5 nitrogen and oxygen atoms in total. The van der Waals surface area contributed by atoms with Crippen molar-refractivity contribution >= 4 is 0 Å². The van der Waals surface area contributed by atoms with Crippen LogP contribution in [-0.2, 0) is 25.7 Å². The van der Waals surface area contributed by atoms with Crippen molar-refractivity contribution in [3.8, 4) is 11.3 Å². The summed E-state index contributed by atoms with van der Waals surface area (Å²) in [4.78, 5) is 9.11. The first kappa shape index (κ1) is 17.6. The van der Waals surface area contributed by atoms with Crippen molar-refractivity contribution in [2.75, 3.05) is 6.54 Å². The first-order valence-corrected chi connectivity index (χ1v) is 8.24. The highest BCUT2D eigenvalue weighted by molar-refractivity contribution is 5.57. The number of hydrogen-bond donors (Lipinski definition) is 0. The molecule has 0 atom stereocenters. The average Bonchev–Trinajstić information content (AvgIpc) is 3.09. The lowest BCUT2D eigenvalue weighted by molar-refractivity contribution is -0.145. The van der Waals surface area contributed by atoms with Gasteiger partial charge in [0, 0.05) is 49.4 Å². The van der Waals surface area contributed by atoms with Gasteiger partial charge in [0.15, 0.2) is 5.76 Å². The SMILES string of the molecule is Fc1ccc(-c2cc(CN3CCc4nc(C(F)(F)F)ncc4C3)no2)cc1. The molecule has 9 heteroatoms. The number of benzene rings is 1. The summed E-state index contributed by atoms with van der Waals surface area (Å²) < 4.78 is 56.4. The van der Waals surface area contributed by atoms with Gasteiger partial charge < -0.3 is 4.52 Å². The fourth-order valence-corrected chi connectivity index (χ4v) is 3.01. The molecule has 0 aliphatic carbocycles. The maximum Gasteiger partial charge on any atom is 0.451 e. The van der Waals surface area contributed by atoms with E-state index in [0.717, 1.165) is 0 Å². The van der Waals surface area contributed by atoms with Crippen molar-refractivity contribution < 1.29 is 22.1 Å². The lowest BCUT2D eigenvalue weighted by Crippen LogP contribution is -2.31. The molecule has 0 fully saturated rings. The summed E-state index contributed by atoms with van der Waals surface area (Å²) >= 11 is 0. The first-order valence-electron chi connectivity index (χ1n) is 8.24. The predicted molar refractivity (Wildman–Crippen MR) is 86.7 cm³/mol. The van der Waals surface area contributed by atoms with Crippen LogP contribution in [0.5, 0.6) is 0 Å². The van der Waals surface area contributed by atoms with Crippen molar-refractivity contribution in [3.05, 3.63) is 65.1 Å². The van der Waals surface area contributed by atoms with E-state index in [1.54, 1.807) is 18.2 Å². The molecule has 0 saturated heterocycles. The summed E-state index contributed by atoms with van der Waals surface area (Å²) in [7, 11) is 0. The van der Waals surface area contributed by atoms with E-state index in [2.05, 4.69) is 15.1 Å². The van der Waals surface area contributed by atoms with E-state index in [-0.39, 0.29) is 5.82 Å². The molecule has 27 heavy (non-hydrogen) atoms. The molecule has 0 unspecified atom stereocenters. The number of rotatable bonds is 3. The van der Waals surface area contributed by atoms with E-state index in [9.17, 15) is 17.6 Å². The third-order valence-corrected chi connectivity index (χ3v) is 4.34. The number of hydrogen-bond acceptors (Lipinski definition) is 5. The van der Waals surface area contributed by atoms with Crippen LogP contribution in [0.15, 0.2) is 41.1 Å². The van der Waals surface area contributed by atoms with E-state index in [4.69, 9.17) is 4.52 Å². The maximum atomic E-state index is 13.0. The summed E-state index contributed by atoms with van der Waals surface area (Å²) in [5.74, 6) is -0.905. The Morgan fingerprint density at radius 2 is 1.93 bits per heavy atom. The Kier molecular flexibility index (Phi) is 4.39. The van der Waals surface area contributed by atoms with Crippen LogP contribution in [0.25, 0.3) is 11.3 Å². The summed E-state index contributed by atoms with van der Waals surface area (Å²) in [6.45, 7) is 1.47. The van der Waals surface area contributed by atoms with Crippen molar-refractivity contribution in [2.24, 2.45) is 0 Å². The topological polar surface area (TPSA) is 55.1 Å². The maximum absolute atomic E-state index is 13.0. The van der Waals surface area contributed by atoms with Gasteiger partial charge in [-0.2, -0.15) is 13.2 Å². The summed E-state index contributed by atoms with van der Waals surface area (Å²) in [6.07, 6.45) is -2.89. The minimum Gasteiger partial charge on any atom is -0.356 e. The number of nitrogens with zero attached hydrogens (tertiary/aromatic N) is 4. The standard InChI is InChI=1S/C18H14F4N4O/c19-13-3-1-11(2-4-13)16-7-14(25-27-16)10-26-6-5-15-12(9-26)8-23-17(24-15)18(20,21)22/h1-4,7-8H,5-6,9-10H2. The minimum atomic E-state index is -4.54. The van der Waals surface area contributed by atoms with E-state index in [1.165, 1.54) is 18.3 Å². The van der Waals surface area contributed by atoms with Crippen LogP contribution < -0.4 is 0 Å². The van der Waals surface area contributed by atoms with Crippen LogP contribution in [0.3, 0.4) is 0 Å². The lowest BCUT2D eigenvalue weighted by atomic mass is 10.1. The molecule has 0 bridgehead atoms. The van der Waals surface area contributed by atoms with Crippen LogP contribution in [0.1, 0.15) is 22.8 Å². The van der Waals surface area contributed by atoms with E-state index in [1.807, 2.05) is 4.90 Å². The Hall–Kier alpha value is -2.81. The summed E-state index contributed by atoms with van der Waals surface area (Å²) in [5, 5.41) is 4.02. The highest BCUT2D eigenvalue weighted by Crippen LogP contribution is 2.28. The Bertz CT molecular complexity index is 953. The zero-order chi connectivity index (χ0) is 19.0. The third kappa shape index (κ3) is 3.82. The molecule has 0 N–H and O–H groups in total. The predicted octanol–water partition coefficient (Wildman–Crippen LogP) is 3.85. The van der Waals surface area contributed by atoms with Crippen molar-refractivity contribution in [1.29, 1.82) is 0 Å². The molecule has 1 aromatic carbocycles. The summed E-state index contributed by atoms with van der Waals surface area (Å²) in [6, 6.07) is 7.66. The average molecular weight is 378 g/mol. The largest absolute Gasteiger partial charge is 0.451 e. The van der Waals surface area contributed by atoms with Crippen LogP contribution in [-0.4, -0.2) is 26.6 Å². The molecule has 0 amide bonds. The smallest absolute Gasteiger partial charge is 0.356 e. The normalized spacial score (nSPS) is 15.0.